The number of likely N-dealkylation sites (tertiary alicyclic amines) is 1. The largest absolute Gasteiger partial charge is 0.478 e. The molecule has 2 rings (SSSR count). The minimum absolute atomic E-state index is 0.135. The molecule has 8 heteroatoms. The van der Waals surface area contributed by atoms with Crippen molar-refractivity contribution in [2.24, 2.45) is 0 Å². The maximum Gasteiger partial charge on any atom is 0.328 e. The summed E-state index contributed by atoms with van der Waals surface area (Å²) in [6.07, 6.45) is 2.08. The fraction of sp³-hybridized carbons (Fsp3) is 0.444. The number of aliphatic hydroxyl groups is 1. The number of carbonyl (C=O) groups excluding carboxylic acids is 1. The van der Waals surface area contributed by atoms with Crippen LogP contribution in [-0.2, 0) is 25.2 Å². The second kappa shape index (κ2) is 7.59. The number of carboxylic acids is 1. The first kappa shape index (κ1) is 20.1. The molecule has 0 spiro atoms. The van der Waals surface area contributed by atoms with E-state index in [1.807, 2.05) is 0 Å². The summed E-state index contributed by atoms with van der Waals surface area (Å²) < 4.78 is 24.2. The van der Waals surface area contributed by atoms with Gasteiger partial charge in [-0.3, -0.25) is 4.79 Å². The highest BCUT2D eigenvalue weighted by Crippen LogP contribution is 2.27. The fourth-order valence-electron chi connectivity index (χ4n) is 2.81. The van der Waals surface area contributed by atoms with Gasteiger partial charge >= 0.3 is 5.97 Å². The lowest BCUT2D eigenvalue weighted by Gasteiger charge is -2.29. The number of hydrogen-bond donors (Lipinski definition) is 2. The molecule has 1 aliphatic rings. The van der Waals surface area contributed by atoms with Gasteiger partial charge in [-0.15, -0.1) is 0 Å². The maximum absolute atomic E-state index is 12.9. The molecule has 0 bridgehead atoms. The second-order valence-corrected chi connectivity index (χ2v) is 9.37. The number of carbonyl (C=O) groups is 2. The van der Waals surface area contributed by atoms with Gasteiger partial charge in [0.2, 0.25) is 5.91 Å². The molecule has 1 aliphatic heterocycles. The molecule has 1 fully saturated rings. The van der Waals surface area contributed by atoms with Crippen molar-refractivity contribution in [1.82, 2.24) is 4.90 Å². The summed E-state index contributed by atoms with van der Waals surface area (Å²) >= 11 is 0. The number of carboxylic acid groups (broad SMARTS) is 1. The average molecular weight is 381 g/mol. The zero-order valence-corrected chi connectivity index (χ0v) is 15.6. The summed E-state index contributed by atoms with van der Waals surface area (Å²) in [5.74, 6) is -2.05. The van der Waals surface area contributed by atoms with Gasteiger partial charge in [-0.1, -0.05) is 24.3 Å². The van der Waals surface area contributed by atoms with Gasteiger partial charge in [0, 0.05) is 19.2 Å². The molecular formula is C18H23NO6S. The summed E-state index contributed by atoms with van der Waals surface area (Å²) in [4.78, 5) is 24.8. The van der Waals surface area contributed by atoms with Gasteiger partial charge in [0.05, 0.1) is 11.9 Å². The number of benzene rings is 1. The van der Waals surface area contributed by atoms with Gasteiger partial charge in [-0.05, 0) is 37.5 Å². The number of rotatable bonds is 6. The van der Waals surface area contributed by atoms with E-state index in [0.29, 0.717) is 24.1 Å². The van der Waals surface area contributed by atoms with E-state index in [0.717, 1.165) is 6.08 Å². The molecule has 2 N–H and O–H groups in total. The molecule has 0 aromatic heterocycles. The third-order valence-corrected chi connectivity index (χ3v) is 6.97. The average Bonchev–Trinajstić information content (AvgIpc) is 2.99. The van der Waals surface area contributed by atoms with E-state index in [9.17, 15) is 23.1 Å². The Labute approximate surface area is 152 Å². The van der Waals surface area contributed by atoms with Crippen LogP contribution in [0, 0.1) is 0 Å². The van der Waals surface area contributed by atoms with Crippen LogP contribution in [-0.4, -0.2) is 59.3 Å². The van der Waals surface area contributed by atoms with E-state index in [1.54, 1.807) is 24.3 Å². The molecule has 142 valence electrons. The van der Waals surface area contributed by atoms with Crippen molar-refractivity contribution in [3.05, 3.63) is 41.5 Å². The Balaban J connectivity index is 2.28. The topological polar surface area (TPSA) is 112 Å². The van der Waals surface area contributed by atoms with E-state index in [-0.39, 0.29) is 12.3 Å². The Morgan fingerprint density at radius 1 is 1.31 bits per heavy atom. The molecule has 1 unspecified atom stereocenters. The SMILES string of the molecule is CC(C)(C(=O)N1CCC(O)C1)S(=O)(=O)Cc1ccccc1/C=C/C(=O)O. The third-order valence-electron chi connectivity index (χ3n) is 4.55. The summed E-state index contributed by atoms with van der Waals surface area (Å²) in [6, 6.07) is 6.56. The molecule has 0 saturated carbocycles. The Kier molecular flexibility index (Phi) is 5.87. The number of aliphatic carboxylic acids is 1. The van der Waals surface area contributed by atoms with Crippen LogP contribution < -0.4 is 0 Å². The van der Waals surface area contributed by atoms with Crippen LogP contribution in [0.4, 0.5) is 0 Å². The molecule has 1 amide bonds. The summed E-state index contributed by atoms with van der Waals surface area (Å²) in [6.45, 7) is 3.20. The lowest BCUT2D eigenvalue weighted by atomic mass is 10.1. The summed E-state index contributed by atoms with van der Waals surface area (Å²) in [5, 5.41) is 18.4. The van der Waals surface area contributed by atoms with Crippen LogP contribution in [0.2, 0.25) is 0 Å². The van der Waals surface area contributed by atoms with Crippen molar-refractivity contribution >= 4 is 27.8 Å². The number of nitrogens with zero attached hydrogens (tertiary/aromatic N) is 1. The number of β-amino-alcohol motifs (C(OH)–C–C–N with tert-alkyl or cyclic N) is 1. The van der Waals surface area contributed by atoms with Crippen molar-refractivity contribution in [3.8, 4) is 0 Å². The molecule has 1 atom stereocenters. The first-order chi connectivity index (χ1) is 12.0. The smallest absolute Gasteiger partial charge is 0.328 e. The summed E-state index contributed by atoms with van der Waals surface area (Å²) in [7, 11) is -3.88. The highest BCUT2D eigenvalue weighted by atomic mass is 32.2. The number of aliphatic hydroxyl groups excluding tert-OH is 1. The Hall–Kier alpha value is -2.19. The van der Waals surface area contributed by atoms with Crippen molar-refractivity contribution in [2.45, 2.75) is 36.9 Å². The standard InChI is InChI=1S/C18H23NO6S/c1-18(2,17(23)19-10-9-15(20)11-19)26(24,25)12-14-6-4-3-5-13(14)7-8-16(21)22/h3-8,15,20H,9-12H2,1-2H3,(H,21,22)/b8-7+. The van der Waals surface area contributed by atoms with Gasteiger partial charge in [-0.2, -0.15) is 0 Å². The Bertz CT molecular complexity index is 828. The van der Waals surface area contributed by atoms with Gasteiger partial charge in [0.15, 0.2) is 9.84 Å². The van der Waals surface area contributed by atoms with Crippen molar-refractivity contribution in [2.75, 3.05) is 13.1 Å². The normalized spacial score (nSPS) is 18.4. The third kappa shape index (κ3) is 4.31. The van der Waals surface area contributed by atoms with Crippen molar-refractivity contribution in [3.63, 3.8) is 0 Å². The fourth-order valence-corrected chi connectivity index (χ4v) is 4.24. The van der Waals surface area contributed by atoms with E-state index in [1.165, 1.54) is 24.8 Å². The zero-order valence-electron chi connectivity index (χ0n) is 14.8. The first-order valence-electron chi connectivity index (χ1n) is 8.23. The maximum atomic E-state index is 12.9. The minimum Gasteiger partial charge on any atom is -0.478 e. The van der Waals surface area contributed by atoms with Gasteiger partial charge < -0.3 is 15.1 Å². The van der Waals surface area contributed by atoms with Crippen molar-refractivity contribution < 1.29 is 28.2 Å². The highest BCUT2D eigenvalue weighted by molar-refractivity contribution is 7.92. The minimum atomic E-state index is -3.88. The monoisotopic (exact) mass is 381 g/mol. The molecule has 1 heterocycles. The van der Waals surface area contributed by atoms with Crippen LogP contribution in [0.3, 0.4) is 0 Å². The molecule has 0 radical (unpaired) electrons. The predicted molar refractivity (Wildman–Crippen MR) is 97.0 cm³/mol. The van der Waals surface area contributed by atoms with Crippen molar-refractivity contribution in [1.29, 1.82) is 0 Å². The first-order valence-corrected chi connectivity index (χ1v) is 9.88. The number of amides is 1. The van der Waals surface area contributed by atoms with Gasteiger partial charge in [0.25, 0.3) is 0 Å². The van der Waals surface area contributed by atoms with E-state index in [4.69, 9.17) is 5.11 Å². The van der Waals surface area contributed by atoms with E-state index < -0.39 is 32.6 Å². The van der Waals surface area contributed by atoms with Gasteiger partial charge in [0.1, 0.15) is 4.75 Å². The van der Waals surface area contributed by atoms with Crippen LogP contribution in [0.25, 0.3) is 6.08 Å². The lowest BCUT2D eigenvalue weighted by Crippen LogP contribution is -2.50. The van der Waals surface area contributed by atoms with E-state index >= 15 is 0 Å². The Morgan fingerprint density at radius 3 is 2.54 bits per heavy atom. The number of sulfone groups is 1. The molecule has 7 nitrogen and oxygen atoms in total. The molecule has 1 aromatic rings. The quantitative estimate of drug-likeness (QED) is 0.713. The number of hydrogen-bond acceptors (Lipinski definition) is 5. The van der Waals surface area contributed by atoms with Gasteiger partial charge in [-0.25, -0.2) is 13.2 Å². The predicted octanol–water partition coefficient (Wildman–Crippen LogP) is 1.07. The highest BCUT2D eigenvalue weighted by Gasteiger charge is 2.45. The summed E-state index contributed by atoms with van der Waals surface area (Å²) in [5.41, 5.74) is 0.894. The zero-order chi connectivity index (χ0) is 19.5. The van der Waals surface area contributed by atoms with Crippen LogP contribution in [0.5, 0.6) is 0 Å². The van der Waals surface area contributed by atoms with Crippen LogP contribution in [0.15, 0.2) is 30.3 Å². The van der Waals surface area contributed by atoms with Crippen LogP contribution >= 0.6 is 0 Å². The molecule has 1 saturated heterocycles. The molecule has 1 aromatic carbocycles. The molecule has 0 aliphatic carbocycles. The lowest BCUT2D eigenvalue weighted by molar-refractivity contribution is -0.132. The van der Waals surface area contributed by atoms with E-state index in [2.05, 4.69) is 0 Å². The second-order valence-electron chi connectivity index (χ2n) is 6.83. The van der Waals surface area contributed by atoms with Crippen LogP contribution in [0.1, 0.15) is 31.4 Å². The molecular weight excluding hydrogens is 358 g/mol. The Morgan fingerprint density at radius 2 is 1.96 bits per heavy atom. The molecule has 26 heavy (non-hydrogen) atoms.